The van der Waals surface area contributed by atoms with Crippen LogP contribution in [0.2, 0.25) is 0 Å². The largest absolute Gasteiger partial charge is 0.451 e. The van der Waals surface area contributed by atoms with E-state index in [0.717, 1.165) is 23.1 Å². The number of furan rings is 1. The first-order valence-corrected chi connectivity index (χ1v) is 9.87. The number of carbonyl (C=O) groups excluding carboxylic acids is 1. The van der Waals surface area contributed by atoms with Gasteiger partial charge in [-0.25, -0.2) is 0 Å². The fraction of sp³-hybridized carbons (Fsp3) is 0.286. The van der Waals surface area contributed by atoms with Crippen molar-refractivity contribution in [2.45, 2.75) is 30.9 Å². The molecule has 4 rings (SSSR count). The molecule has 0 fully saturated rings. The van der Waals surface area contributed by atoms with Crippen LogP contribution in [0.1, 0.15) is 41.1 Å². The standard InChI is InChI=1S/C21H21NO3S/c1-2-24-13-16-14-7-3-5-9-18(14)25-20(16)21(23)22-17-11-12-26-19-10-6-4-8-15(17)19/h3-10,17H,2,11-13H2,1H3,(H,22,23)/t17-/m1/s1. The van der Waals surface area contributed by atoms with E-state index < -0.39 is 0 Å². The Kier molecular flexibility index (Phi) is 5.00. The van der Waals surface area contributed by atoms with Gasteiger partial charge in [-0.2, -0.15) is 0 Å². The van der Waals surface area contributed by atoms with Crippen molar-refractivity contribution in [1.82, 2.24) is 5.32 Å². The summed E-state index contributed by atoms with van der Waals surface area (Å²) in [7, 11) is 0. The number of fused-ring (bicyclic) bond motifs is 2. The van der Waals surface area contributed by atoms with Crippen molar-refractivity contribution >= 4 is 28.6 Å². The van der Waals surface area contributed by atoms with Crippen molar-refractivity contribution < 1.29 is 13.9 Å². The maximum Gasteiger partial charge on any atom is 0.287 e. The smallest absolute Gasteiger partial charge is 0.287 e. The van der Waals surface area contributed by atoms with Crippen molar-refractivity contribution in [2.24, 2.45) is 0 Å². The van der Waals surface area contributed by atoms with Gasteiger partial charge in [-0.15, -0.1) is 11.8 Å². The van der Waals surface area contributed by atoms with E-state index in [0.29, 0.717) is 24.6 Å². The number of benzene rings is 2. The van der Waals surface area contributed by atoms with Gasteiger partial charge in [0, 0.05) is 28.2 Å². The molecule has 0 bridgehead atoms. The van der Waals surface area contributed by atoms with E-state index in [1.54, 1.807) is 0 Å². The second kappa shape index (κ2) is 7.56. The average Bonchev–Trinajstić information content (AvgIpc) is 3.05. The first-order chi connectivity index (χ1) is 12.8. The van der Waals surface area contributed by atoms with Crippen LogP contribution in [-0.4, -0.2) is 18.3 Å². The van der Waals surface area contributed by atoms with E-state index in [4.69, 9.17) is 9.15 Å². The van der Waals surface area contributed by atoms with E-state index >= 15 is 0 Å². The molecular weight excluding hydrogens is 346 g/mol. The van der Waals surface area contributed by atoms with Gasteiger partial charge < -0.3 is 14.5 Å². The molecule has 4 nitrogen and oxygen atoms in total. The molecule has 2 heterocycles. The lowest BCUT2D eigenvalue weighted by Crippen LogP contribution is -2.31. The van der Waals surface area contributed by atoms with Crippen LogP contribution in [0.15, 0.2) is 57.8 Å². The van der Waals surface area contributed by atoms with Crippen LogP contribution in [0.5, 0.6) is 0 Å². The van der Waals surface area contributed by atoms with Crippen LogP contribution in [0.25, 0.3) is 11.0 Å². The lowest BCUT2D eigenvalue weighted by Gasteiger charge is -2.25. The maximum absolute atomic E-state index is 13.0. The van der Waals surface area contributed by atoms with Crippen LogP contribution in [0.4, 0.5) is 0 Å². The minimum atomic E-state index is -0.178. The van der Waals surface area contributed by atoms with E-state index in [2.05, 4.69) is 17.4 Å². The molecule has 0 radical (unpaired) electrons. The summed E-state index contributed by atoms with van der Waals surface area (Å²) in [4.78, 5) is 14.2. The van der Waals surface area contributed by atoms with Gasteiger partial charge in [0.25, 0.3) is 5.91 Å². The van der Waals surface area contributed by atoms with E-state index in [9.17, 15) is 4.79 Å². The van der Waals surface area contributed by atoms with Crippen LogP contribution in [-0.2, 0) is 11.3 Å². The lowest BCUT2D eigenvalue weighted by atomic mass is 10.0. The number of hydrogen-bond acceptors (Lipinski definition) is 4. The first-order valence-electron chi connectivity index (χ1n) is 8.88. The zero-order valence-electron chi connectivity index (χ0n) is 14.7. The highest BCUT2D eigenvalue weighted by atomic mass is 32.2. The summed E-state index contributed by atoms with van der Waals surface area (Å²) in [6, 6.07) is 16.0. The molecule has 1 atom stereocenters. The molecule has 1 aliphatic heterocycles. The van der Waals surface area contributed by atoms with Gasteiger partial charge in [0.1, 0.15) is 5.58 Å². The zero-order chi connectivity index (χ0) is 17.9. The van der Waals surface area contributed by atoms with Crippen LogP contribution >= 0.6 is 11.8 Å². The topological polar surface area (TPSA) is 51.5 Å². The number of thioether (sulfide) groups is 1. The molecule has 1 aliphatic rings. The van der Waals surface area contributed by atoms with Gasteiger partial charge in [-0.1, -0.05) is 36.4 Å². The van der Waals surface area contributed by atoms with Gasteiger partial charge in [-0.05, 0) is 31.0 Å². The Morgan fingerprint density at radius 2 is 2.04 bits per heavy atom. The summed E-state index contributed by atoms with van der Waals surface area (Å²) >= 11 is 1.84. The zero-order valence-corrected chi connectivity index (χ0v) is 15.5. The third-order valence-electron chi connectivity index (χ3n) is 4.62. The minimum absolute atomic E-state index is 0.00751. The van der Waals surface area contributed by atoms with Gasteiger partial charge in [0.15, 0.2) is 5.76 Å². The Morgan fingerprint density at radius 3 is 2.92 bits per heavy atom. The van der Waals surface area contributed by atoms with Gasteiger partial charge >= 0.3 is 0 Å². The molecule has 3 aromatic rings. The monoisotopic (exact) mass is 367 g/mol. The SMILES string of the molecule is CCOCc1c(C(=O)N[C@@H]2CCSc3ccccc32)oc2ccccc12. The maximum atomic E-state index is 13.0. The summed E-state index contributed by atoms with van der Waals surface area (Å²) in [5.41, 5.74) is 2.71. The van der Waals surface area contributed by atoms with Crippen LogP contribution in [0.3, 0.4) is 0 Å². The molecule has 0 saturated carbocycles. The van der Waals surface area contributed by atoms with Crippen LogP contribution in [0, 0.1) is 0 Å². The minimum Gasteiger partial charge on any atom is -0.451 e. The van der Waals surface area contributed by atoms with Crippen molar-refractivity contribution in [3.8, 4) is 0 Å². The number of ether oxygens (including phenoxy) is 1. The molecule has 0 saturated heterocycles. The Balaban J connectivity index is 1.65. The Hall–Kier alpha value is -2.24. The van der Waals surface area contributed by atoms with E-state index in [1.165, 1.54) is 10.5 Å². The van der Waals surface area contributed by atoms with Crippen molar-refractivity contribution in [3.05, 3.63) is 65.4 Å². The molecular formula is C21H21NO3S. The molecule has 0 spiro atoms. The van der Waals surface area contributed by atoms with Crippen molar-refractivity contribution in [2.75, 3.05) is 12.4 Å². The molecule has 26 heavy (non-hydrogen) atoms. The van der Waals surface area contributed by atoms with Crippen molar-refractivity contribution in [1.29, 1.82) is 0 Å². The highest BCUT2D eigenvalue weighted by Crippen LogP contribution is 2.36. The highest BCUT2D eigenvalue weighted by molar-refractivity contribution is 7.99. The molecule has 0 unspecified atom stereocenters. The lowest BCUT2D eigenvalue weighted by molar-refractivity contribution is 0.0896. The second-order valence-corrected chi connectivity index (χ2v) is 7.38. The summed E-state index contributed by atoms with van der Waals surface area (Å²) in [6.45, 7) is 2.90. The van der Waals surface area contributed by atoms with Crippen molar-refractivity contribution in [3.63, 3.8) is 0 Å². The van der Waals surface area contributed by atoms with Crippen LogP contribution < -0.4 is 5.32 Å². The summed E-state index contributed by atoms with van der Waals surface area (Å²) in [6.07, 6.45) is 0.911. The van der Waals surface area contributed by atoms with E-state index in [1.807, 2.05) is 55.1 Å². The van der Waals surface area contributed by atoms with E-state index in [-0.39, 0.29) is 11.9 Å². The molecule has 5 heteroatoms. The number of carbonyl (C=O) groups is 1. The normalized spacial score (nSPS) is 16.4. The predicted octanol–water partition coefficient (Wildman–Crippen LogP) is 4.94. The first kappa shape index (κ1) is 17.2. The summed E-state index contributed by atoms with van der Waals surface area (Å²) in [5, 5.41) is 4.10. The predicted molar refractivity (Wildman–Crippen MR) is 104 cm³/mol. The third-order valence-corrected chi connectivity index (χ3v) is 5.74. The average molecular weight is 367 g/mol. The molecule has 1 amide bonds. The molecule has 134 valence electrons. The summed E-state index contributed by atoms with van der Waals surface area (Å²) < 4.78 is 11.5. The number of nitrogens with one attached hydrogen (secondary N) is 1. The number of amides is 1. The molecule has 1 N–H and O–H groups in total. The third kappa shape index (κ3) is 3.24. The molecule has 0 aliphatic carbocycles. The second-order valence-electron chi connectivity index (χ2n) is 6.24. The van der Waals surface area contributed by atoms with Gasteiger partial charge in [0.05, 0.1) is 12.6 Å². The summed E-state index contributed by atoms with van der Waals surface area (Å²) in [5.74, 6) is 1.17. The fourth-order valence-corrected chi connectivity index (χ4v) is 4.47. The number of para-hydroxylation sites is 1. The fourth-order valence-electron chi connectivity index (χ4n) is 3.35. The molecule has 2 aromatic carbocycles. The highest BCUT2D eigenvalue weighted by Gasteiger charge is 2.26. The molecule has 1 aromatic heterocycles. The Labute approximate surface area is 156 Å². The number of rotatable bonds is 5. The van der Waals surface area contributed by atoms with Gasteiger partial charge in [-0.3, -0.25) is 4.79 Å². The van der Waals surface area contributed by atoms with Gasteiger partial charge in [0.2, 0.25) is 0 Å². The Morgan fingerprint density at radius 1 is 1.23 bits per heavy atom. The number of hydrogen-bond donors (Lipinski definition) is 1. The Bertz CT molecular complexity index is 934. The quantitative estimate of drug-likeness (QED) is 0.694.